The van der Waals surface area contributed by atoms with E-state index in [0.717, 1.165) is 5.69 Å². The zero-order chi connectivity index (χ0) is 14.9. The molecule has 20 heavy (non-hydrogen) atoms. The van der Waals surface area contributed by atoms with Crippen molar-refractivity contribution in [2.24, 2.45) is 7.05 Å². The smallest absolute Gasteiger partial charge is 0.337 e. The van der Waals surface area contributed by atoms with Gasteiger partial charge in [0, 0.05) is 18.9 Å². The van der Waals surface area contributed by atoms with Gasteiger partial charge >= 0.3 is 5.97 Å². The van der Waals surface area contributed by atoms with Gasteiger partial charge < -0.3 is 10.4 Å². The maximum atomic E-state index is 12.2. The first-order valence-corrected chi connectivity index (χ1v) is 5.91. The first kappa shape index (κ1) is 13.7. The summed E-state index contributed by atoms with van der Waals surface area (Å²) >= 11 is 0. The molecule has 7 heteroatoms. The second kappa shape index (κ2) is 5.12. The number of carbonyl (C=O) groups is 2. The summed E-state index contributed by atoms with van der Waals surface area (Å²) in [5, 5.41) is 15.6. The molecule has 0 aliphatic carbocycles. The third kappa shape index (κ3) is 2.51. The number of anilines is 1. The first-order valence-electron chi connectivity index (χ1n) is 5.91. The van der Waals surface area contributed by atoms with Gasteiger partial charge in [-0.05, 0) is 26.0 Å². The van der Waals surface area contributed by atoms with Crippen LogP contribution in [0.4, 0.5) is 5.82 Å². The molecule has 0 radical (unpaired) electrons. The quantitative estimate of drug-likeness (QED) is 0.881. The minimum absolute atomic E-state index is 0.0664. The molecule has 0 spiro atoms. The Kier molecular flexibility index (Phi) is 3.51. The van der Waals surface area contributed by atoms with Crippen LogP contribution in [0, 0.1) is 13.8 Å². The van der Waals surface area contributed by atoms with E-state index in [1.165, 1.54) is 18.3 Å². The molecule has 0 bridgehead atoms. The third-order valence-corrected chi connectivity index (χ3v) is 2.99. The number of amides is 1. The van der Waals surface area contributed by atoms with Crippen LogP contribution in [0.1, 0.15) is 32.1 Å². The van der Waals surface area contributed by atoms with Crippen molar-refractivity contribution in [2.45, 2.75) is 13.8 Å². The summed E-state index contributed by atoms with van der Waals surface area (Å²) in [6.45, 7) is 3.55. The summed E-state index contributed by atoms with van der Waals surface area (Å²) in [4.78, 5) is 26.8. The van der Waals surface area contributed by atoms with Crippen molar-refractivity contribution in [3.05, 3.63) is 40.8 Å². The number of pyridine rings is 1. The first-order chi connectivity index (χ1) is 9.40. The molecule has 0 unspecified atom stereocenters. The maximum absolute atomic E-state index is 12.2. The van der Waals surface area contributed by atoms with Gasteiger partial charge in [-0.3, -0.25) is 9.48 Å². The molecule has 104 valence electrons. The highest BCUT2D eigenvalue weighted by Crippen LogP contribution is 2.14. The highest BCUT2D eigenvalue weighted by Gasteiger charge is 2.17. The number of carbonyl (C=O) groups excluding carboxylic acids is 1. The molecule has 0 atom stereocenters. The predicted molar refractivity (Wildman–Crippen MR) is 71.8 cm³/mol. The largest absolute Gasteiger partial charge is 0.478 e. The van der Waals surface area contributed by atoms with Crippen LogP contribution >= 0.6 is 0 Å². The van der Waals surface area contributed by atoms with Gasteiger partial charge in [0.05, 0.1) is 16.8 Å². The minimum atomic E-state index is -1.06. The van der Waals surface area contributed by atoms with Crippen molar-refractivity contribution in [1.82, 2.24) is 14.8 Å². The van der Waals surface area contributed by atoms with E-state index >= 15 is 0 Å². The van der Waals surface area contributed by atoms with E-state index < -0.39 is 5.97 Å². The Labute approximate surface area is 115 Å². The highest BCUT2D eigenvalue weighted by atomic mass is 16.4. The lowest BCUT2D eigenvalue weighted by Gasteiger charge is -2.05. The number of carboxylic acids is 1. The van der Waals surface area contributed by atoms with Gasteiger partial charge in [-0.2, -0.15) is 5.10 Å². The number of rotatable bonds is 3. The van der Waals surface area contributed by atoms with Crippen molar-refractivity contribution >= 4 is 17.7 Å². The molecule has 2 rings (SSSR count). The number of aryl methyl sites for hydroxylation is 2. The lowest BCUT2D eigenvalue weighted by atomic mass is 10.2. The van der Waals surface area contributed by atoms with E-state index in [2.05, 4.69) is 15.4 Å². The van der Waals surface area contributed by atoms with Gasteiger partial charge in [0.2, 0.25) is 0 Å². The lowest BCUT2D eigenvalue weighted by molar-refractivity contribution is 0.0696. The number of carboxylic acid groups (broad SMARTS) is 1. The summed E-state index contributed by atoms with van der Waals surface area (Å²) in [7, 11) is 1.76. The zero-order valence-electron chi connectivity index (χ0n) is 11.3. The van der Waals surface area contributed by atoms with Crippen LogP contribution < -0.4 is 5.32 Å². The molecule has 0 fully saturated rings. The SMILES string of the molecule is Cc1nn(C)c(C)c1C(=O)Nc1ccc(C(=O)O)cn1. The minimum Gasteiger partial charge on any atom is -0.478 e. The van der Waals surface area contributed by atoms with Gasteiger partial charge in [0.15, 0.2) is 0 Å². The van der Waals surface area contributed by atoms with Crippen LogP contribution in [-0.2, 0) is 7.05 Å². The fourth-order valence-electron chi connectivity index (χ4n) is 1.88. The van der Waals surface area contributed by atoms with Gasteiger partial charge in [0.25, 0.3) is 5.91 Å². The summed E-state index contributed by atoms with van der Waals surface area (Å²) in [6.07, 6.45) is 1.20. The molecule has 0 aliphatic heterocycles. The molecule has 7 nitrogen and oxygen atoms in total. The second-order valence-electron chi connectivity index (χ2n) is 4.36. The van der Waals surface area contributed by atoms with Gasteiger partial charge in [-0.25, -0.2) is 9.78 Å². The number of hydrogen-bond donors (Lipinski definition) is 2. The van der Waals surface area contributed by atoms with Crippen LogP contribution in [0.5, 0.6) is 0 Å². The van der Waals surface area contributed by atoms with Crippen LogP contribution in [0.25, 0.3) is 0 Å². The molecule has 1 amide bonds. The normalized spacial score (nSPS) is 10.3. The summed E-state index contributed by atoms with van der Waals surface area (Å²) in [5.74, 6) is -1.08. The topological polar surface area (TPSA) is 97.1 Å². The van der Waals surface area contributed by atoms with Gasteiger partial charge in [-0.15, -0.1) is 0 Å². The van der Waals surface area contributed by atoms with Crippen molar-refractivity contribution in [3.63, 3.8) is 0 Å². The summed E-state index contributed by atoms with van der Waals surface area (Å²) in [6, 6.07) is 2.83. The molecule has 0 aliphatic rings. The maximum Gasteiger partial charge on any atom is 0.337 e. The summed E-state index contributed by atoms with van der Waals surface area (Å²) < 4.78 is 1.63. The number of aromatic carboxylic acids is 1. The predicted octanol–water partition coefficient (Wildman–Crippen LogP) is 1.38. The van der Waals surface area contributed by atoms with Gasteiger partial charge in [-0.1, -0.05) is 0 Å². The Morgan fingerprint density at radius 2 is 2.00 bits per heavy atom. The van der Waals surface area contributed by atoms with Crippen molar-refractivity contribution in [3.8, 4) is 0 Å². The fourth-order valence-corrected chi connectivity index (χ4v) is 1.88. The molecule has 0 aromatic carbocycles. The molecular weight excluding hydrogens is 260 g/mol. The van der Waals surface area contributed by atoms with E-state index in [1.807, 2.05) is 0 Å². The third-order valence-electron chi connectivity index (χ3n) is 2.99. The zero-order valence-corrected chi connectivity index (χ0v) is 11.3. The second-order valence-corrected chi connectivity index (χ2v) is 4.36. The highest BCUT2D eigenvalue weighted by molar-refractivity contribution is 6.05. The Morgan fingerprint density at radius 1 is 1.30 bits per heavy atom. The molecule has 2 heterocycles. The van der Waals surface area contributed by atoms with E-state index in [-0.39, 0.29) is 11.5 Å². The van der Waals surface area contributed by atoms with Crippen molar-refractivity contribution in [2.75, 3.05) is 5.32 Å². The summed E-state index contributed by atoms with van der Waals surface area (Å²) in [5.41, 5.74) is 1.94. The van der Waals surface area contributed by atoms with E-state index in [9.17, 15) is 9.59 Å². The molecular formula is C13H14N4O3. The van der Waals surface area contributed by atoms with E-state index in [4.69, 9.17) is 5.11 Å². The van der Waals surface area contributed by atoms with Crippen LogP contribution in [0.15, 0.2) is 18.3 Å². The molecule has 2 aromatic rings. The molecule has 2 aromatic heterocycles. The average molecular weight is 274 g/mol. The van der Waals surface area contributed by atoms with Crippen LogP contribution in [0.3, 0.4) is 0 Å². The number of nitrogens with zero attached hydrogens (tertiary/aromatic N) is 3. The van der Waals surface area contributed by atoms with Crippen molar-refractivity contribution < 1.29 is 14.7 Å². The van der Waals surface area contributed by atoms with Gasteiger partial charge in [0.1, 0.15) is 5.82 Å². The fraction of sp³-hybridized carbons (Fsp3) is 0.231. The monoisotopic (exact) mass is 274 g/mol. The molecule has 0 saturated carbocycles. The molecule has 2 N–H and O–H groups in total. The Hall–Kier alpha value is -2.70. The van der Waals surface area contributed by atoms with Crippen molar-refractivity contribution in [1.29, 1.82) is 0 Å². The van der Waals surface area contributed by atoms with Crippen LogP contribution in [0.2, 0.25) is 0 Å². The number of aromatic nitrogens is 3. The number of nitrogens with one attached hydrogen (secondary N) is 1. The number of hydrogen-bond acceptors (Lipinski definition) is 4. The molecule has 0 saturated heterocycles. The Balaban J connectivity index is 2.21. The average Bonchev–Trinajstić information content (AvgIpc) is 2.63. The van der Waals surface area contributed by atoms with E-state index in [1.54, 1.807) is 25.6 Å². The Morgan fingerprint density at radius 3 is 2.45 bits per heavy atom. The van der Waals surface area contributed by atoms with E-state index in [0.29, 0.717) is 17.1 Å². The lowest BCUT2D eigenvalue weighted by Crippen LogP contribution is -2.15. The van der Waals surface area contributed by atoms with Crippen LogP contribution in [-0.4, -0.2) is 31.7 Å². The standard InChI is InChI=1S/C13H14N4O3/c1-7-11(8(2)17(3)16-7)12(18)15-10-5-4-9(6-14-10)13(19)20/h4-6H,1-3H3,(H,19,20)(H,14,15,18). The Bertz CT molecular complexity index is 674.